The van der Waals surface area contributed by atoms with Gasteiger partial charge in [-0.25, -0.2) is 4.79 Å². The van der Waals surface area contributed by atoms with Gasteiger partial charge >= 0.3 is 12.1 Å². The Morgan fingerprint density at radius 1 is 0.973 bits per heavy atom. The molecule has 1 rings (SSSR count). The summed E-state index contributed by atoms with van der Waals surface area (Å²) in [6.45, 7) is 18.2. The SMILES string of the molecule is COC(=O)CNC(=O)C(c1ccc(C)c(C)c1)N(C(=O)C(CC(C)C)NC(=O)OC(C)(C)C)C(C)(C)C. The number of benzene rings is 1. The molecular formula is C28H45N3O6. The molecule has 208 valence electrons. The van der Waals surface area contributed by atoms with Gasteiger partial charge in [-0.1, -0.05) is 32.0 Å². The summed E-state index contributed by atoms with van der Waals surface area (Å²) < 4.78 is 10.1. The predicted octanol–water partition coefficient (Wildman–Crippen LogP) is 4.20. The molecular weight excluding hydrogens is 474 g/mol. The topological polar surface area (TPSA) is 114 Å². The molecule has 2 atom stereocenters. The second kappa shape index (κ2) is 12.9. The fraction of sp³-hybridized carbons (Fsp3) is 0.643. The van der Waals surface area contributed by atoms with Gasteiger partial charge in [0.2, 0.25) is 11.8 Å². The zero-order valence-corrected chi connectivity index (χ0v) is 24.3. The van der Waals surface area contributed by atoms with Crippen LogP contribution in [0.5, 0.6) is 0 Å². The fourth-order valence-corrected chi connectivity index (χ4v) is 3.84. The number of rotatable bonds is 9. The Kier molecular flexibility index (Phi) is 11.2. The Morgan fingerprint density at radius 2 is 1.57 bits per heavy atom. The number of hydrogen-bond acceptors (Lipinski definition) is 6. The smallest absolute Gasteiger partial charge is 0.408 e. The second-order valence-electron chi connectivity index (χ2n) is 11.7. The van der Waals surface area contributed by atoms with Crippen molar-refractivity contribution in [1.82, 2.24) is 15.5 Å². The van der Waals surface area contributed by atoms with Gasteiger partial charge in [0, 0.05) is 5.54 Å². The quantitative estimate of drug-likeness (QED) is 0.473. The minimum absolute atomic E-state index is 0.0684. The minimum Gasteiger partial charge on any atom is -0.468 e. The van der Waals surface area contributed by atoms with Crippen molar-refractivity contribution in [2.45, 2.75) is 98.9 Å². The molecule has 9 heteroatoms. The molecule has 3 amide bonds. The lowest BCUT2D eigenvalue weighted by Gasteiger charge is -2.43. The first kappa shape index (κ1) is 31.9. The standard InChI is InChI=1S/C28H45N3O6/c1-17(2)14-21(30-26(35)37-28(8,9)10)25(34)31(27(5,6)7)23(24(33)29-16-22(32)36-11)20-13-12-18(3)19(4)15-20/h12-13,15,17,21,23H,14,16H2,1-11H3,(H,29,33)(H,30,35). The summed E-state index contributed by atoms with van der Waals surface area (Å²) in [7, 11) is 1.24. The van der Waals surface area contributed by atoms with Crippen LogP contribution in [0.15, 0.2) is 18.2 Å². The molecule has 9 nitrogen and oxygen atoms in total. The first-order valence-electron chi connectivity index (χ1n) is 12.6. The average Bonchev–Trinajstić information content (AvgIpc) is 2.74. The normalized spacial score (nSPS) is 13.4. The highest BCUT2D eigenvalue weighted by Gasteiger charge is 2.42. The lowest BCUT2D eigenvalue weighted by molar-refractivity contribution is -0.149. The van der Waals surface area contributed by atoms with Crippen molar-refractivity contribution in [3.05, 3.63) is 34.9 Å². The maximum absolute atomic E-state index is 14.2. The molecule has 0 radical (unpaired) electrons. The van der Waals surface area contributed by atoms with Crippen LogP contribution in [0.4, 0.5) is 4.79 Å². The Morgan fingerprint density at radius 3 is 2.03 bits per heavy atom. The first-order chi connectivity index (χ1) is 16.9. The number of hydrogen-bond donors (Lipinski definition) is 2. The average molecular weight is 520 g/mol. The van der Waals surface area contributed by atoms with Crippen molar-refractivity contribution in [2.24, 2.45) is 5.92 Å². The summed E-state index contributed by atoms with van der Waals surface area (Å²) in [5.74, 6) is -1.50. The van der Waals surface area contributed by atoms with Crippen LogP contribution in [0.1, 0.15) is 84.5 Å². The second-order valence-corrected chi connectivity index (χ2v) is 11.7. The van der Waals surface area contributed by atoms with Gasteiger partial charge in [0.05, 0.1) is 7.11 Å². The number of nitrogens with zero attached hydrogens (tertiary/aromatic N) is 1. The van der Waals surface area contributed by atoms with E-state index in [1.807, 2.05) is 60.6 Å². The molecule has 0 saturated heterocycles. The van der Waals surface area contributed by atoms with Crippen LogP contribution in [0.3, 0.4) is 0 Å². The van der Waals surface area contributed by atoms with Gasteiger partial charge in [0.15, 0.2) is 0 Å². The summed E-state index contributed by atoms with van der Waals surface area (Å²) in [5, 5.41) is 5.33. The molecule has 0 aromatic heterocycles. The number of amides is 3. The van der Waals surface area contributed by atoms with Crippen LogP contribution in [-0.2, 0) is 23.9 Å². The van der Waals surface area contributed by atoms with Gasteiger partial charge in [-0.05, 0) is 84.4 Å². The lowest BCUT2D eigenvalue weighted by Crippen LogP contribution is -2.59. The van der Waals surface area contributed by atoms with Crippen molar-refractivity contribution < 1.29 is 28.7 Å². The summed E-state index contributed by atoms with van der Waals surface area (Å²) >= 11 is 0. The number of alkyl carbamates (subject to hydrolysis) is 1. The Bertz CT molecular complexity index is 975. The van der Waals surface area contributed by atoms with Gasteiger partial charge in [-0.15, -0.1) is 0 Å². The summed E-state index contributed by atoms with van der Waals surface area (Å²) in [6.07, 6.45) is -0.369. The highest BCUT2D eigenvalue weighted by Crippen LogP contribution is 2.31. The van der Waals surface area contributed by atoms with Gasteiger partial charge in [-0.3, -0.25) is 14.4 Å². The molecule has 1 aromatic rings. The maximum Gasteiger partial charge on any atom is 0.408 e. The van der Waals surface area contributed by atoms with Crippen molar-refractivity contribution >= 4 is 23.9 Å². The van der Waals surface area contributed by atoms with Gasteiger partial charge in [0.1, 0.15) is 24.2 Å². The van der Waals surface area contributed by atoms with E-state index in [9.17, 15) is 19.2 Å². The highest BCUT2D eigenvalue weighted by molar-refractivity contribution is 5.93. The number of ether oxygens (including phenoxy) is 2. The van der Waals surface area contributed by atoms with Crippen molar-refractivity contribution in [1.29, 1.82) is 0 Å². The number of methoxy groups -OCH3 is 1. The molecule has 0 aliphatic carbocycles. The van der Waals surface area contributed by atoms with E-state index in [-0.39, 0.29) is 12.5 Å². The molecule has 0 spiro atoms. The van der Waals surface area contributed by atoms with E-state index in [2.05, 4.69) is 15.4 Å². The molecule has 0 aliphatic rings. The molecule has 2 unspecified atom stereocenters. The van der Waals surface area contributed by atoms with E-state index in [0.29, 0.717) is 12.0 Å². The molecule has 0 saturated carbocycles. The van der Waals surface area contributed by atoms with Gasteiger partial charge in [0.25, 0.3) is 0 Å². The third kappa shape index (κ3) is 10.1. The van der Waals surface area contributed by atoms with Crippen molar-refractivity contribution in [3.63, 3.8) is 0 Å². The first-order valence-corrected chi connectivity index (χ1v) is 12.6. The summed E-state index contributed by atoms with van der Waals surface area (Å²) in [4.78, 5) is 53.7. The third-order valence-corrected chi connectivity index (χ3v) is 5.64. The van der Waals surface area contributed by atoms with Gasteiger partial charge < -0.3 is 25.0 Å². The van der Waals surface area contributed by atoms with E-state index in [0.717, 1.165) is 11.1 Å². The van der Waals surface area contributed by atoms with Crippen LogP contribution >= 0.6 is 0 Å². The van der Waals surface area contributed by atoms with Crippen LogP contribution < -0.4 is 10.6 Å². The molecule has 0 fully saturated rings. The largest absolute Gasteiger partial charge is 0.468 e. The van der Waals surface area contributed by atoms with E-state index < -0.39 is 47.1 Å². The monoisotopic (exact) mass is 519 g/mol. The molecule has 0 aliphatic heterocycles. The van der Waals surface area contributed by atoms with E-state index in [4.69, 9.17) is 4.74 Å². The molecule has 2 N–H and O–H groups in total. The number of carbonyl (C=O) groups is 4. The van der Waals surface area contributed by atoms with Gasteiger partial charge in [-0.2, -0.15) is 0 Å². The predicted molar refractivity (Wildman–Crippen MR) is 143 cm³/mol. The van der Waals surface area contributed by atoms with E-state index in [1.54, 1.807) is 26.8 Å². The Hall–Kier alpha value is -3.10. The Labute approximate surface area is 221 Å². The molecule has 1 aromatic carbocycles. The summed E-state index contributed by atoms with van der Waals surface area (Å²) in [5.41, 5.74) is 1.02. The molecule has 0 bridgehead atoms. The van der Waals surface area contributed by atoms with E-state index >= 15 is 0 Å². The van der Waals surface area contributed by atoms with Crippen LogP contribution in [0, 0.1) is 19.8 Å². The molecule has 37 heavy (non-hydrogen) atoms. The lowest BCUT2D eigenvalue weighted by atomic mass is 9.92. The molecule has 0 heterocycles. The zero-order valence-electron chi connectivity index (χ0n) is 24.3. The number of esters is 1. The number of aryl methyl sites for hydroxylation is 2. The Balaban J connectivity index is 3.60. The van der Waals surface area contributed by atoms with Crippen LogP contribution in [0.25, 0.3) is 0 Å². The summed E-state index contributed by atoms with van der Waals surface area (Å²) in [6, 6.07) is 3.56. The highest BCUT2D eigenvalue weighted by atomic mass is 16.6. The van der Waals surface area contributed by atoms with E-state index in [1.165, 1.54) is 12.0 Å². The van der Waals surface area contributed by atoms with Crippen LogP contribution in [0.2, 0.25) is 0 Å². The maximum atomic E-state index is 14.2. The van der Waals surface area contributed by atoms with Crippen molar-refractivity contribution in [2.75, 3.05) is 13.7 Å². The number of nitrogens with one attached hydrogen (secondary N) is 2. The third-order valence-electron chi connectivity index (χ3n) is 5.64. The minimum atomic E-state index is -1.06. The van der Waals surface area contributed by atoms with Crippen LogP contribution in [-0.4, -0.2) is 59.6 Å². The van der Waals surface area contributed by atoms with Crippen molar-refractivity contribution in [3.8, 4) is 0 Å². The zero-order chi connectivity index (χ0) is 28.7. The fourth-order valence-electron chi connectivity index (χ4n) is 3.84. The number of carbonyl (C=O) groups excluding carboxylic acids is 4.